The van der Waals surface area contributed by atoms with Crippen LogP contribution < -0.4 is 20.7 Å². The van der Waals surface area contributed by atoms with Crippen LogP contribution in [0.2, 0.25) is 10.2 Å². The Bertz CT molecular complexity index is 1440. The molecule has 2 aromatic heterocycles. The fourth-order valence-electron chi connectivity index (χ4n) is 5.45. The predicted octanol–water partition coefficient (Wildman–Crippen LogP) is 6.15. The maximum Gasteiger partial charge on any atom is 0.404 e. The van der Waals surface area contributed by atoms with Gasteiger partial charge in [-0.1, -0.05) is 63.0 Å². The fraction of sp³-hybridized carbons (Fsp3) is 0.433. The molecule has 1 amide bonds. The molecule has 0 aliphatic carbocycles. The number of rotatable bonds is 9. The molecule has 42 heavy (non-hydrogen) atoms. The summed E-state index contributed by atoms with van der Waals surface area (Å²) in [7, 11) is 1.61. The summed E-state index contributed by atoms with van der Waals surface area (Å²) in [6.45, 7) is 9.95. The minimum atomic E-state index is -0.772. The second kappa shape index (κ2) is 12.7. The number of aromatic nitrogens is 3. The first-order valence-electron chi connectivity index (χ1n) is 13.6. The highest BCUT2D eigenvalue weighted by Gasteiger charge is 2.46. The number of nitrogens with two attached hydrogens (primary N) is 1. The number of hydrogen-bond acceptors (Lipinski definition) is 9. The summed E-state index contributed by atoms with van der Waals surface area (Å²) in [5.74, 6) is 1.23. The molecule has 0 radical (unpaired) electrons. The molecule has 3 aromatic rings. The molecule has 3 N–H and O–H groups in total. The second-order valence-electron chi connectivity index (χ2n) is 11.7. The van der Waals surface area contributed by atoms with Crippen LogP contribution in [0.15, 0.2) is 42.7 Å². The lowest BCUT2D eigenvalue weighted by Crippen LogP contribution is -2.51. The number of halogens is 2. The third kappa shape index (κ3) is 7.04. The van der Waals surface area contributed by atoms with Crippen LogP contribution in [0.4, 0.5) is 16.4 Å². The van der Waals surface area contributed by atoms with Crippen LogP contribution in [0.25, 0.3) is 0 Å². The van der Waals surface area contributed by atoms with Gasteiger partial charge >= 0.3 is 6.09 Å². The minimum absolute atomic E-state index is 0.000811. The van der Waals surface area contributed by atoms with Gasteiger partial charge in [0.2, 0.25) is 5.78 Å². The molecule has 1 atom stereocenters. The van der Waals surface area contributed by atoms with Crippen LogP contribution in [-0.4, -0.2) is 53.1 Å². The van der Waals surface area contributed by atoms with Gasteiger partial charge < -0.3 is 25.4 Å². The van der Waals surface area contributed by atoms with Gasteiger partial charge in [0.05, 0.1) is 18.3 Å². The van der Waals surface area contributed by atoms with Crippen LogP contribution in [0.3, 0.4) is 0 Å². The number of carbonyl (C=O) groups excluding carboxylic acids is 2. The second-order valence-corrected chi connectivity index (χ2v) is 12.5. The van der Waals surface area contributed by atoms with Crippen molar-refractivity contribution in [3.63, 3.8) is 0 Å². The van der Waals surface area contributed by atoms with Crippen molar-refractivity contribution in [1.29, 1.82) is 0 Å². The highest BCUT2D eigenvalue weighted by Crippen LogP contribution is 2.44. The van der Waals surface area contributed by atoms with E-state index in [9.17, 15) is 9.59 Å². The van der Waals surface area contributed by atoms with Crippen LogP contribution in [-0.2, 0) is 11.3 Å². The summed E-state index contributed by atoms with van der Waals surface area (Å²) in [6, 6.07) is 9.10. The summed E-state index contributed by atoms with van der Waals surface area (Å²) in [6.07, 6.45) is 3.40. The Morgan fingerprint density at radius 2 is 1.79 bits per heavy atom. The van der Waals surface area contributed by atoms with Gasteiger partial charge in [0.1, 0.15) is 29.2 Å². The Hall–Kier alpha value is -3.63. The van der Waals surface area contributed by atoms with Gasteiger partial charge in [-0.05, 0) is 42.0 Å². The summed E-state index contributed by atoms with van der Waals surface area (Å²) in [5, 5.41) is 3.32. The smallest absolute Gasteiger partial charge is 0.404 e. The Kier molecular flexibility index (Phi) is 9.47. The minimum Gasteiger partial charge on any atom is -0.497 e. The van der Waals surface area contributed by atoms with Gasteiger partial charge in [0.15, 0.2) is 5.15 Å². The zero-order valence-corrected chi connectivity index (χ0v) is 25.9. The third-order valence-electron chi connectivity index (χ3n) is 7.57. The highest BCUT2D eigenvalue weighted by molar-refractivity contribution is 6.38. The summed E-state index contributed by atoms with van der Waals surface area (Å²) >= 11 is 13.1. The normalized spacial score (nSPS) is 15.5. The number of primary amides is 1. The maximum absolute atomic E-state index is 13.4. The van der Waals surface area contributed by atoms with Gasteiger partial charge in [0.25, 0.3) is 0 Å². The molecule has 3 heterocycles. The molecule has 10 nitrogen and oxygen atoms in total. The van der Waals surface area contributed by atoms with Gasteiger partial charge in [-0.3, -0.25) is 4.79 Å². The lowest BCUT2D eigenvalue weighted by Gasteiger charge is -2.48. The van der Waals surface area contributed by atoms with Crippen LogP contribution in [0, 0.1) is 10.8 Å². The molecule has 1 aromatic carbocycles. The number of anilines is 2. The number of hydrogen-bond donors (Lipinski definition) is 2. The van der Waals surface area contributed by atoms with Gasteiger partial charge in [-0.25, -0.2) is 19.7 Å². The zero-order valence-electron chi connectivity index (χ0n) is 24.4. The Balaban J connectivity index is 1.45. The van der Waals surface area contributed by atoms with Crippen molar-refractivity contribution in [3.8, 4) is 5.75 Å². The van der Waals surface area contributed by atoms with Gasteiger partial charge in [-0.15, -0.1) is 0 Å². The molecule has 12 heteroatoms. The number of ether oxygens (including phenoxy) is 2. The van der Waals surface area contributed by atoms with E-state index >= 15 is 0 Å². The number of nitrogens with one attached hydrogen (secondary N) is 1. The van der Waals surface area contributed by atoms with E-state index in [2.05, 4.69) is 32.1 Å². The van der Waals surface area contributed by atoms with Crippen LogP contribution in [0.5, 0.6) is 5.75 Å². The molecule has 224 valence electrons. The van der Waals surface area contributed by atoms with E-state index in [1.54, 1.807) is 13.3 Å². The average Bonchev–Trinajstić information content (AvgIpc) is 2.95. The number of benzene rings is 1. The molecular formula is C30H36Cl2N6O4. The largest absolute Gasteiger partial charge is 0.497 e. The molecule has 0 saturated carbocycles. The number of piperidine rings is 1. The molecule has 0 spiro atoms. The first-order chi connectivity index (χ1) is 19.8. The average molecular weight is 616 g/mol. The first-order valence-corrected chi connectivity index (χ1v) is 14.4. The SMILES string of the molecule is COc1ccc(CNc2nccc(C(=O)c3ncc(N4CCC(C)(C(OC(N)=O)C(C)(C)C)CC4)nc3Cl)c2Cl)cc1. The highest BCUT2D eigenvalue weighted by atomic mass is 35.5. The van der Waals surface area contributed by atoms with Crippen LogP contribution >= 0.6 is 23.2 Å². The molecule has 1 aliphatic rings. The van der Waals surface area contributed by atoms with Crippen LogP contribution in [0.1, 0.15) is 62.2 Å². The maximum atomic E-state index is 13.4. The van der Waals surface area contributed by atoms with Crippen molar-refractivity contribution in [2.24, 2.45) is 16.6 Å². The number of carbonyl (C=O) groups is 2. The topological polar surface area (TPSA) is 133 Å². The molecule has 1 saturated heterocycles. The van der Waals surface area contributed by atoms with E-state index in [1.165, 1.54) is 12.3 Å². The van der Waals surface area contributed by atoms with E-state index in [-0.39, 0.29) is 38.4 Å². The molecule has 1 aliphatic heterocycles. The number of ketones is 1. The summed E-state index contributed by atoms with van der Waals surface area (Å²) in [4.78, 5) is 40.2. The standard InChI is InChI=1S/C30H36Cl2N6O4/c1-29(2,3)27(42-28(33)40)30(4)11-14-38(15-12-30)21-17-35-23(25(32)37-21)24(39)20-10-13-34-26(22(20)31)36-16-18-6-8-19(41-5)9-7-18/h6-10,13,17,27H,11-12,14-16H2,1-5H3,(H2,33,40)(H,34,36). The lowest BCUT2D eigenvalue weighted by atomic mass is 9.67. The van der Waals surface area contributed by atoms with E-state index in [0.717, 1.165) is 24.2 Å². The Labute approximate surface area is 255 Å². The zero-order chi connectivity index (χ0) is 30.7. The summed E-state index contributed by atoms with van der Waals surface area (Å²) in [5.41, 5.74) is 6.03. The molecule has 0 bridgehead atoms. The van der Waals surface area contributed by atoms with Crippen molar-refractivity contribution < 1.29 is 19.1 Å². The lowest BCUT2D eigenvalue weighted by molar-refractivity contribution is -0.0598. The van der Waals surface area contributed by atoms with E-state index < -0.39 is 11.9 Å². The van der Waals surface area contributed by atoms with Crippen molar-refractivity contribution in [2.45, 2.75) is 53.2 Å². The monoisotopic (exact) mass is 614 g/mol. The van der Waals surface area contributed by atoms with Crippen molar-refractivity contribution in [3.05, 3.63) is 69.7 Å². The van der Waals surface area contributed by atoms with E-state index in [4.69, 9.17) is 38.4 Å². The number of pyridine rings is 1. The van der Waals surface area contributed by atoms with E-state index in [1.807, 2.05) is 45.0 Å². The summed E-state index contributed by atoms with van der Waals surface area (Å²) < 4.78 is 10.8. The fourth-order valence-corrected chi connectivity index (χ4v) is 5.94. The Morgan fingerprint density at radius 3 is 2.36 bits per heavy atom. The van der Waals surface area contributed by atoms with Gasteiger partial charge in [0, 0.05) is 36.8 Å². The molecule has 1 unspecified atom stereocenters. The van der Waals surface area contributed by atoms with Gasteiger partial charge in [-0.2, -0.15) is 0 Å². The molecular weight excluding hydrogens is 579 g/mol. The van der Waals surface area contributed by atoms with Crippen molar-refractivity contribution in [2.75, 3.05) is 30.4 Å². The van der Waals surface area contributed by atoms with Crippen molar-refractivity contribution >= 4 is 46.7 Å². The molecule has 1 fully saturated rings. The Morgan fingerprint density at radius 1 is 1.12 bits per heavy atom. The first kappa shape index (κ1) is 31.3. The van der Waals surface area contributed by atoms with E-state index in [0.29, 0.717) is 31.3 Å². The molecule has 4 rings (SSSR count). The predicted molar refractivity (Wildman–Crippen MR) is 164 cm³/mol. The number of amides is 1. The number of nitrogens with zero attached hydrogens (tertiary/aromatic N) is 4. The van der Waals surface area contributed by atoms with Crippen molar-refractivity contribution in [1.82, 2.24) is 15.0 Å². The number of methoxy groups -OCH3 is 1. The third-order valence-corrected chi connectivity index (χ3v) is 8.21. The quantitative estimate of drug-likeness (QED) is 0.272.